The fourth-order valence-electron chi connectivity index (χ4n) is 4.06. The van der Waals surface area contributed by atoms with Crippen LogP contribution in [0.1, 0.15) is 45.4 Å². The SMILES string of the molecule is CCCC1CC(C2CCN(C)CC2)CCN1C(=O)CN.Cl.Cl. The van der Waals surface area contributed by atoms with Gasteiger partial charge in [-0.2, -0.15) is 0 Å². The number of hydrogen-bond donors (Lipinski definition) is 1. The van der Waals surface area contributed by atoms with Gasteiger partial charge >= 0.3 is 0 Å². The molecule has 0 spiro atoms. The average molecular weight is 354 g/mol. The summed E-state index contributed by atoms with van der Waals surface area (Å²) in [5.74, 6) is 1.84. The molecule has 0 aromatic heterocycles. The van der Waals surface area contributed by atoms with Crippen LogP contribution in [0.25, 0.3) is 0 Å². The normalized spacial score (nSPS) is 27.0. The molecule has 0 saturated carbocycles. The fourth-order valence-corrected chi connectivity index (χ4v) is 4.06. The Morgan fingerprint density at radius 2 is 1.68 bits per heavy atom. The van der Waals surface area contributed by atoms with Gasteiger partial charge < -0.3 is 15.5 Å². The number of carbonyl (C=O) groups is 1. The lowest BCUT2D eigenvalue weighted by Crippen LogP contribution is -2.50. The summed E-state index contributed by atoms with van der Waals surface area (Å²) in [4.78, 5) is 16.5. The maximum absolute atomic E-state index is 12.0. The third-order valence-electron chi connectivity index (χ3n) is 5.30. The van der Waals surface area contributed by atoms with Gasteiger partial charge in [-0.15, -0.1) is 24.8 Å². The van der Waals surface area contributed by atoms with Crippen molar-refractivity contribution in [2.75, 3.05) is 33.2 Å². The molecule has 2 aliphatic heterocycles. The second-order valence-electron chi connectivity index (χ2n) is 6.66. The number of piperidine rings is 2. The third kappa shape index (κ3) is 5.55. The predicted molar refractivity (Wildman–Crippen MR) is 96.9 cm³/mol. The lowest BCUT2D eigenvalue weighted by molar-refractivity contribution is -0.134. The molecule has 0 aliphatic carbocycles. The van der Waals surface area contributed by atoms with Crippen LogP contribution in [0.5, 0.6) is 0 Å². The van der Waals surface area contributed by atoms with E-state index in [1.165, 1.54) is 38.8 Å². The van der Waals surface area contributed by atoms with E-state index in [0.29, 0.717) is 6.04 Å². The van der Waals surface area contributed by atoms with E-state index in [9.17, 15) is 4.79 Å². The Bertz CT molecular complexity index is 323. The van der Waals surface area contributed by atoms with Crippen LogP contribution in [-0.4, -0.2) is 55.0 Å². The highest BCUT2D eigenvalue weighted by Crippen LogP contribution is 2.35. The minimum Gasteiger partial charge on any atom is -0.339 e. The van der Waals surface area contributed by atoms with Crippen LogP contribution in [0.2, 0.25) is 0 Å². The topological polar surface area (TPSA) is 49.6 Å². The maximum Gasteiger partial charge on any atom is 0.236 e. The predicted octanol–water partition coefficient (Wildman–Crippen LogP) is 2.54. The van der Waals surface area contributed by atoms with E-state index in [4.69, 9.17) is 5.73 Å². The molecule has 2 N–H and O–H groups in total. The summed E-state index contributed by atoms with van der Waals surface area (Å²) in [6.07, 6.45) is 7.35. The second kappa shape index (κ2) is 10.7. The number of nitrogens with two attached hydrogens (primary N) is 1. The lowest BCUT2D eigenvalue weighted by atomic mass is 9.76. The van der Waals surface area contributed by atoms with Crippen LogP contribution >= 0.6 is 24.8 Å². The first-order chi connectivity index (χ1) is 9.65. The quantitative estimate of drug-likeness (QED) is 0.844. The van der Waals surface area contributed by atoms with E-state index in [1.807, 2.05) is 0 Å². The Labute approximate surface area is 148 Å². The molecular formula is C16H33Cl2N3O. The molecule has 2 atom stereocenters. The van der Waals surface area contributed by atoms with Gasteiger partial charge in [-0.3, -0.25) is 4.79 Å². The molecule has 2 aliphatic rings. The molecule has 4 nitrogen and oxygen atoms in total. The molecule has 2 fully saturated rings. The van der Waals surface area contributed by atoms with E-state index in [1.54, 1.807) is 0 Å². The number of likely N-dealkylation sites (tertiary alicyclic amines) is 2. The minimum absolute atomic E-state index is 0. The first-order valence-electron chi connectivity index (χ1n) is 8.33. The summed E-state index contributed by atoms with van der Waals surface area (Å²) in [6, 6.07) is 0.439. The summed E-state index contributed by atoms with van der Waals surface area (Å²) in [7, 11) is 2.22. The number of halogens is 2. The molecular weight excluding hydrogens is 321 g/mol. The van der Waals surface area contributed by atoms with Gasteiger partial charge in [0.1, 0.15) is 0 Å². The van der Waals surface area contributed by atoms with Crippen LogP contribution in [0.3, 0.4) is 0 Å². The molecule has 2 heterocycles. The highest BCUT2D eigenvalue weighted by atomic mass is 35.5. The summed E-state index contributed by atoms with van der Waals surface area (Å²) in [6.45, 7) is 5.79. The minimum atomic E-state index is 0. The molecule has 132 valence electrons. The molecule has 2 saturated heterocycles. The maximum atomic E-state index is 12.0. The van der Waals surface area contributed by atoms with Gasteiger partial charge in [0.25, 0.3) is 0 Å². The van der Waals surface area contributed by atoms with Gasteiger partial charge in [0.15, 0.2) is 0 Å². The Balaban J connectivity index is 0.00000220. The number of amides is 1. The van der Waals surface area contributed by atoms with Crippen molar-refractivity contribution < 1.29 is 4.79 Å². The van der Waals surface area contributed by atoms with Gasteiger partial charge in [0, 0.05) is 12.6 Å². The molecule has 0 radical (unpaired) electrons. The van der Waals surface area contributed by atoms with Crippen LogP contribution < -0.4 is 5.73 Å². The second-order valence-corrected chi connectivity index (χ2v) is 6.66. The van der Waals surface area contributed by atoms with Crippen LogP contribution in [0, 0.1) is 11.8 Å². The summed E-state index contributed by atoms with van der Waals surface area (Å²) in [5, 5.41) is 0. The van der Waals surface area contributed by atoms with Crippen LogP contribution in [-0.2, 0) is 4.79 Å². The van der Waals surface area contributed by atoms with Gasteiger partial charge in [-0.05, 0) is 64.1 Å². The van der Waals surface area contributed by atoms with Crippen molar-refractivity contribution in [1.82, 2.24) is 9.80 Å². The van der Waals surface area contributed by atoms with Gasteiger partial charge in [-0.25, -0.2) is 0 Å². The van der Waals surface area contributed by atoms with Crippen molar-refractivity contribution in [3.05, 3.63) is 0 Å². The molecule has 1 amide bonds. The molecule has 6 heteroatoms. The van der Waals surface area contributed by atoms with Crippen LogP contribution in [0.15, 0.2) is 0 Å². The number of rotatable bonds is 4. The van der Waals surface area contributed by atoms with Crippen molar-refractivity contribution in [2.45, 2.75) is 51.5 Å². The third-order valence-corrected chi connectivity index (χ3v) is 5.30. The highest BCUT2D eigenvalue weighted by Gasteiger charge is 2.34. The lowest BCUT2D eigenvalue weighted by Gasteiger charge is -2.44. The largest absolute Gasteiger partial charge is 0.339 e. The smallest absolute Gasteiger partial charge is 0.236 e. The Morgan fingerprint density at radius 1 is 1.09 bits per heavy atom. The molecule has 0 bridgehead atoms. The summed E-state index contributed by atoms with van der Waals surface area (Å²) < 4.78 is 0. The van der Waals surface area contributed by atoms with E-state index >= 15 is 0 Å². The number of nitrogens with zero attached hydrogens (tertiary/aromatic N) is 2. The first-order valence-corrected chi connectivity index (χ1v) is 8.33. The van der Waals surface area contributed by atoms with E-state index in [-0.39, 0.29) is 37.3 Å². The Kier molecular flexibility index (Phi) is 10.7. The summed E-state index contributed by atoms with van der Waals surface area (Å²) in [5.41, 5.74) is 5.56. The van der Waals surface area contributed by atoms with Crippen molar-refractivity contribution in [3.63, 3.8) is 0 Å². The zero-order chi connectivity index (χ0) is 14.5. The van der Waals surface area contributed by atoms with Crippen molar-refractivity contribution >= 4 is 30.7 Å². The molecule has 0 aromatic carbocycles. The molecule has 22 heavy (non-hydrogen) atoms. The number of carbonyl (C=O) groups excluding carboxylic acids is 1. The van der Waals surface area contributed by atoms with Crippen molar-refractivity contribution in [3.8, 4) is 0 Å². The highest BCUT2D eigenvalue weighted by molar-refractivity contribution is 5.85. The van der Waals surface area contributed by atoms with Gasteiger partial charge in [0.05, 0.1) is 6.54 Å². The number of hydrogen-bond acceptors (Lipinski definition) is 3. The Morgan fingerprint density at radius 3 is 2.23 bits per heavy atom. The van der Waals surface area contributed by atoms with Gasteiger partial charge in [-0.1, -0.05) is 13.3 Å². The zero-order valence-corrected chi connectivity index (χ0v) is 15.6. The summed E-state index contributed by atoms with van der Waals surface area (Å²) >= 11 is 0. The first kappa shape index (κ1) is 22.0. The average Bonchev–Trinajstić information content (AvgIpc) is 2.47. The van der Waals surface area contributed by atoms with Crippen LogP contribution in [0.4, 0.5) is 0 Å². The molecule has 2 unspecified atom stereocenters. The zero-order valence-electron chi connectivity index (χ0n) is 14.0. The van der Waals surface area contributed by atoms with E-state index in [2.05, 4.69) is 23.8 Å². The molecule has 2 rings (SSSR count). The fraction of sp³-hybridized carbons (Fsp3) is 0.938. The van der Waals surface area contributed by atoms with E-state index < -0.39 is 0 Å². The standard InChI is InChI=1S/C16H31N3O.2ClH/c1-3-4-15-11-14(7-10-19(15)16(20)12-17)13-5-8-18(2)9-6-13;;/h13-15H,3-12,17H2,1-2H3;2*1H. The van der Waals surface area contributed by atoms with Crippen molar-refractivity contribution in [1.29, 1.82) is 0 Å². The van der Waals surface area contributed by atoms with Gasteiger partial charge in [0.2, 0.25) is 5.91 Å². The van der Waals surface area contributed by atoms with Crippen molar-refractivity contribution in [2.24, 2.45) is 17.6 Å². The Hall–Kier alpha value is -0.0300. The molecule has 0 aromatic rings. The van der Waals surface area contributed by atoms with E-state index in [0.717, 1.165) is 31.2 Å². The monoisotopic (exact) mass is 353 g/mol.